The van der Waals surface area contributed by atoms with Crippen LogP contribution >= 0.6 is 0 Å². The minimum Gasteiger partial charge on any atom is -0.496 e. The van der Waals surface area contributed by atoms with Crippen LogP contribution in [0.25, 0.3) is 0 Å². The van der Waals surface area contributed by atoms with Gasteiger partial charge in [-0.1, -0.05) is 18.2 Å². The van der Waals surface area contributed by atoms with Gasteiger partial charge in [-0.15, -0.1) is 0 Å². The number of para-hydroxylation sites is 1. The van der Waals surface area contributed by atoms with E-state index in [1.807, 2.05) is 18.2 Å². The molecule has 1 aliphatic heterocycles. The van der Waals surface area contributed by atoms with Gasteiger partial charge in [0.05, 0.1) is 26.0 Å². The second-order valence-corrected chi connectivity index (χ2v) is 4.95. The first-order valence-corrected chi connectivity index (χ1v) is 6.37. The fraction of sp³-hybridized carbons (Fsp3) is 0.571. The van der Waals surface area contributed by atoms with E-state index in [1.165, 1.54) is 0 Å². The number of morpholine rings is 1. The molecule has 2 N–H and O–H groups in total. The Morgan fingerprint density at radius 1 is 1.33 bits per heavy atom. The second-order valence-electron chi connectivity index (χ2n) is 4.95. The Morgan fingerprint density at radius 3 is 2.67 bits per heavy atom. The molecule has 0 bridgehead atoms. The van der Waals surface area contributed by atoms with Crippen molar-refractivity contribution in [3.8, 4) is 5.75 Å². The smallest absolute Gasteiger partial charge is 0.122 e. The number of methoxy groups -OCH3 is 1. The number of hydrogen-bond donors (Lipinski definition) is 1. The molecule has 0 spiro atoms. The summed E-state index contributed by atoms with van der Waals surface area (Å²) in [6.45, 7) is 5.38. The standard InChI is InChI=1S/C14H22N2O2/c1-14(15,16-7-9-18-10-8-16)11-12-5-3-4-6-13(12)17-2/h3-6H,7-11,15H2,1-2H3. The molecule has 1 atom stereocenters. The van der Waals surface area contributed by atoms with Crippen molar-refractivity contribution in [3.05, 3.63) is 29.8 Å². The first kappa shape index (κ1) is 13.3. The molecule has 0 aromatic heterocycles. The lowest BCUT2D eigenvalue weighted by Crippen LogP contribution is -2.58. The van der Waals surface area contributed by atoms with Crippen LogP contribution in [-0.4, -0.2) is 44.0 Å². The highest BCUT2D eigenvalue weighted by molar-refractivity contribution is 5.34. The number of ether oxygens (including phenoxy) is 2. The van der Waals surface area contributed by atoms with Gasteiger partial charge < -0.3 is 15.2 Å². The number of benzene rings is 1. The van der Waals surface area contributed by atoms with Crippen molar-refractivity contribution in [2.75, 3.05) is 33.4 Å². The van der Waals surface area contributed by atoms with E-state index in [0.29, 0.717) is 0 Å². The molecule has 1 aromatic rings. The summed E-state index contributed by atoms with van der Waals surface area (Å²) in [6.07, 6.45) is 0.775. The number of rotatable bonds is 4. The normalized spacial score (nSPS) is 20.4. The largest absolute Gasteiger partial charge is 0.496 e. The maximum atomic E-state index is 6.46. The molecule has 18 heavy (non-hydrogen) atoms. The van der Waals surface area contributed by atoms with Crippen molar-refractivity contribution < 1.29 is 9.47 Å². The lowest BCUT2D eigenvalue weighted by atomic mass is 9.99. The second kappa shape index (κ2) is 5.69. The molecule has 1 aliphatic rings. The van der Waals surface area contributed by atoms with Crippen molar-refractivity contribution >= 4 is 0 Å². The van der Waals surface area contributed by atoms with Crippen LogP contribution in [0.2, 0.25) is 0 Å². The fourth-order valence-corrected chi connectivity index (χ4v) is 2.42. The fourth-order valence-electron chi connectivity index (χ4n) is 2.42. The van der Waals surface area contributed by atoms with Gasteiger partial charge in [-0.2, -0.15) is 0 Å². The van der Waals surface area contributed by atoms with Crippen molar-refractivity contribution in [2.45, 2.75) is 19.0 Å². The van der Waals surface area contributed by atoms with Crippen LogP contribution in [-0.2, 0) is 11.2 Å². The Labute approximate surface area is 109 Å². The van der Waals surface area contributed by atoms with Gasteiger partial charge in [0.1, 0.15) is 5.75 Å². The summed E-state index contributed by atoms with van der Waals surface area (Å²) in [5.41, 5.74) is 7.25. The Balaban J connectivity index is 2.10. The first-order chi connectivity index (χ1) is 8.63. The summed E-state index contributed by atoms with van der Waals surface area (Å²) in [7, 11) is 1.70. The molecular weight excluding hydrogens is 228 g/mol. The van der Waals surface area contributed by atoms with Crippen molar-refractivity contribution in [1.82, 2.24) is 4.90 Å². The van der Waals surface area contributed by atoms with E-state index in [9.17, 15) is 0 Å². The zero-order chi connectivity index (χ0) is 13.0. The minimum absolute atomic E-state index is 0.363. The Bertz CT molecular complexity index is 387. The van der Waals surface area contributed by atoms with Crippen LogP contribution in [0, 0.1) is 0 Å². The van der Waals surface area contributed by atoms with Crippen molar-refractivity contribution in [3.63, 3.8) is 0 Å². The highest BCUT2D eigenvalue weighted by Crippen LogP contribution is 2.24. The van der Waals surface area contributed by atoms with E-state index in [4.69, 9.17) is 15.2 Å². The Hall–Kier alpha value is -1.10. The molecule has 0 saturated carbocycles. The summed E-state index contributed by atoms with van der Waals surface area (Å²) in [5, 5.41) is 0. The molecule has 1 heterocycles. The van der Waals surface area contributed by atoms with E-state index >= 15 is 0 Å². The molecule has 1 fully saturated rings. The third-order valence-corrected chi connectivity index (χ3v) is 3.47. The van der Waals surface area contributed by atoms with Gasteiger partial charge in [-0.3, -0.25) is 4.90 Å². The molecule has 0 aliphatic carbocycles. The predicted octanol–water partition coefficient (Wildman–Crippen LogP) is 1.24. The lowest BCUT2D eigenvalue weighted by molar-refractivity contribution is -0.0143. The monoisotopic (exact) mass is 250 g/mol. The number of hydrogen-bond acceptors (Lipinski definition) is 4. The average molecular weight is 250 g/mol. The number of nitrogens with zero attached hydrogens (tertiary/aromatic N) is 1. The van der Waals surface area contributed by atoms with Crippen LogP contribution in [0.5, 0.6) is 5.75 Å². The maximum absolute atomic E-state index is 6.46. The van der Waals surface area contributed by atoms with E-state index < -0.39 is 0 Å². The highest BCUT2D eigenvalue weighted by Gasteiger charge is 2.29. The average Bonchev–Trinajstić information content (AvgIpc) is 2.40. The molecule has 100 valence electrons. The van der Waals surface area contributed by atoms with Gasteiger partial charge >= 0.3 is 0 Å². The van der Waals surface area contributed by atoms with Crippen molar-refractivity contribution in [2.24, 2.45) is 5.73 Å². The van der Waals surface area contributed by atoms with Gasteiger partial charge in [0.25, 0.3) is 0 Å². The summed E-state index contributed by atoms with van der Waals surface area (Å²) >= 11 is 0. The zero-order valence-corrected chi connectivity index (χ0v) is 11.2. The molecule has 4 heteroatoms. The topological polar surface area (TPSA) is 47.7 Å². The lowest BCUT2D eigenvalue weighted by Gasteiger charge is -2.40. The molecule has 1 saturated heterocycles. The third-order valence-electron chi connectivity index (χ3n) is 3.47. The minimum atomic E-state index is -0.363. The SMILES string of the molecule is COc1ccccc1CC(C)(N)N1CCOCC1. The van der Waals surface area contributed by atoms with Gasteiger partial charge in [-0.05, 0) is 18.6 Å². The first-order valence-electron chi connectivity index (χ1n) is 6.37. The van der Waals surface area contributed by atoms with Gasteiger partial charge in [0, 0.05) is 19.5 Å². The summed E-state index contributed by atoms with van der Waals surface area (Å²) in [5.74, 6) is 0.905. The van der Waals surface area contributed by atoms with Crippen LogP contribution in [0.1, 0.15) is 12.5 Å². The molecule has 2 rings (SSSR count). The van der Waals surface area contributed by atoms with E-state index in [0.717, 1.165) is 44.0 Å². The molecule has 1 aromatic carbocycles. The molecule has 0 amide bonds. The van der Waals surface area contributed by atoms with E-state index in [-0.39, 0.29) is 5.66 Å². The Morgan fingerprint density at radius 2 is 2.00 bits per heavy atom. The van der Waals surface area contributed by atoms with E-state index in [1.54, 1.807) is 7.11 Å². The van der Waals surface area contributed by atoms with Crippen LogP contribution < -0.4 is 10.5 Å². The summed E-state index contributed by atoms with van der Waals surface area (Å²) < 4.78 is 10.7. The zero-order valence-electron chi connectivity index (χ0n) is 11.2. The molecule has 0 radical (unpaired) electrons. The maximum Gasteiger partial charge on any atom is 0.122 e. The van der Waals surface area contributed by atoms with Crippen LogP contribution in [0.15, 0.2) is 24.3 Å². The quantitative estimate of drug-likeness (QED) is 0.873. The van der Waals surface area contributed by atoms with Crippen molar-refractivity contribution in [1.29, 1.82) is 0 Å². The Kier molecular flexibility index (Phi) is 4.22. The van der Waals surface area contributed by atoms with Gasteiger partial charge in [0.2, 0.25) is 0 Å². The predicted molar refractivity (Wildman–Crippen MR) is 71.7 cm³/mol. The number of nitrogens with two attached hydrogens (primary N) is 1. The molecular formula is C14H22N2O2. The third kappa shape index (κ3) is 3.02. The molecule has 1 unspecified atom stereocenters. The summed E-state index contributed by atoms with van der Waals surface area (Å²) in [6, 6.07) is 8.05. The van der Waals surface area contributed by atoms with Crippen LogP contribution in [0.3, 0.4) is 0 Å². The van der Waals surface area contributed by atoms with Crippen LogP contribution in [0.4, 0.5) is 0 Å². The summed E-state index contributed by atoms with van der Waals surface area (Å²) in [4.78, 5) is 2.28. The van der Waals surface area contributed by atoms with Gasteiger partial charge in [0.15, 0.2) is 0 Å². The highest BCUT2D eigenvalue weighted by atomic mass is 16.5. The molecule has 4 nitrogen and oxygen atoms in total. The van der Waals surface area contributed by atoms with Gasteiger partial charge in [-0.25, -0.2) is 0 Å². The van der Waals surface area contributed by atoms with E-state index in [2.05, 4.69) is 17.9 Å².